The highest BCUT2D eigenvalue weighted by atomic mass is 16.1. The summed E-state index contributed by atoms with van der Waals surface area (Å²) < 4.78 is 0. The predicted octanol–water partition coefficient (Wildman–Crippen LogP) is 2.12. The molecule has 1 atom stereocenters. The molecule has 5 nitrogen and oxygen atoms in total. The molecule has 1 unspecified atom stereocenters. The van der Waals surface area contributed by atoms with Gasteiger partial charge < -0.3 is 10.6 Å². The maximum atomic E-state index is 12.2. The van der Waals surface area contributed by atoms with Crippen LogP contribution < -0.4 is 10.6 Å². The zero-order chi connectivity index (χ0) is 15.1. The second-order valence-electron chi connectivity index (χ2n) is 5.49. The van der Waals surface area contributed by atoms with E-state index in [1.54, 1.807) is 12.3 Å². The molecule has 1 saturated heterocycles. The monoisotopic (exact) mass is 290 g/mol. The van der Waals surface area contributed by atoms with Crippen molar-refractivity contribution in [2.24, 2.45) is 0 Å². The Kier molecular flexibility index (Phi) is 5.99. The molecule has 116 valence electrons. The Morgan fingerprint density at radius 1 is 1.48 bits per heavy atom. The number of nitrogens with zero attached hydrogens (tertiary/aromatic N) is 2. The van der Waals surface area contributed by atoms with Gasteiger partial charge in [-0.1, -0.05) is 13.8 Å². The zero-order valence-corrected chi connectivity index (χ0v) is 13.1. The number of carbonyl (C=O) groups excluding carboxylic acids is 1. The van der Waals surface area contributed by atoms with Gasteiger partial charge in [0.2, 0.25) is 0 Å². The lowest BCUT2D eigenvalue weighted by Crippen LogP contribution is -2.40. The largest absolute Gasteiger partial charge is 0.370 e. The van der Waals surface area contributed by atoms with E-state index in [2.05, 4.69) is 34.4 Å². The van der Waals surface area contributed by atoms with Crippen LogP contribution in [0.15, 0.2) is 18.3 Å². The molecule has 2 heterocycles. The number of likely N-dealkylation sites (N-methyl/N-ethyl adjacent to an activating group) is 1. The third-order valence-corrected chi connectivity index (χ3v) is 3.98. The van der Waals surface area contributed by atoms with Crippen molar-refractivity contribution in [3.63, 3.8) is 0 Å². The summed E-state index contributed by atoms with van der Waals surface area (Å²) in [6.45, 7) is 8.08. The molecule has 0 spiro atoms. The third kappa shape index (κ3) is 4.43. The minimum Gasteiger partial charge on any atom is -0.370 e. The number of hydrogen-bond acceptors (Lipinski definition) is 4. The number of carbonyl (C=O) groups is 1. The van der Waals surface area contributed by atoms with Gasteiger partial charge in [0.1, 0.15) is 5.82 Å². The topological polar surface area (TPSA) is 57.3 Å². The third-order valence-electron chi connectivity index (χ3n) is 3.98. The Hall–Kier alpha value is -1.62. The molecule has 0 bridgehead atoms. The van der Waals surface area contributed by atoms with Crippen molar-refractivity contribution < 1.29 is 4.79 Å². The van der Waals surface area contributed by atoms with Crippen LogP contribution in [0, 0.1) is 0 Å². The molecular formula is C16H26N4O. The fourth-order valence-electron chi connectivity index (χ4n) is 2.78. The first-order valence-corrected chi connectivity index (χ1v) is 7.96. The number of pyridine rings is 1. The Morgan fingerprint density at radius 3 is 3.10 bits per heavy atom. The molecule has 21 heavy (non-hydrogen) atoms. The Bertz CT molecular complexity index is 463. The SMILES string of the molecule is CCCNc1cc(C(=O)NCC2CCCN2CC)ccn1. The van der Waals surface area contributed by atoms with E-state index in [1.165, 1.54) is 12.8 Å². The minimum absolute atomic E-state index is 0.0140. The van der Waals surface area contributed by atoms with Crippen LogP contribution in [0.1, 0.15) is 43.5 Å². The number of likely N-dealkylation sites (tertiary alicyclic amines) is 1. The van der Waals surface area contributed by atoms with Crippen molar-refractivity contribution in [2.45, 2.75) is 39.2 Å². The van der Waals surface area contributed by atoms with E-state index >= 15 is 0 Å². The van der Waals surface area contributed by atoms with Crippen molar-refractivity contribution in [2.75, 3.05) is 31.5 Å². The van der Waals surface area contributed by atoms with Crippen LogP contribution >= 0.6 is 0 Å². The maximum Gasteiger partial charge on any atom is 0.251 e. The lowest BCUT2D eigenvalue weighted by molar-refractivity contribution is 0.0941. The fourth-order valence-corrected chi connectivity index (χ4v) is 2.78. The second kappa shape index (κ2) is 7.98. The molecule has 1 aliphatic rings. The molecule has 2 N–H and O–H groups in total. The first-order valence-electron chi connectivity index (χ1n) is 7.96. The van der Waals surface area contributed by atoms with Crippen LogP contribution in [0.2, 0.25) is 0 Å². The molecule has 0 saturated carbocycles. The summed E-state index contributed by atoms with van der Waals surface area (Å²) in [7, 11) is 0. The first-order chi connectivity index (χ1) is 10.2. The predicted molar refractivity (Wildman–Crippen MR) is 85.6 cm³/mol. The Morgan fingerprint density at radius 2 is 2.33 bits per heavy atom. The van der Waals surface area contributed by atoms with Crippen LogP contribution in [-0.2, 0) is 0 Å². The van der Waals surface area contributed by atoms with E-state index in [9.17, 15) is 4.79 Å². The van der Waals surface area contributed by atoms with Gasteiger partial charge in [-0.3, -0.25) is 9.69 Å². The van der Waals surface area contributed by atoms with E-state index in [4.69, 9.17) is 0 Å². The zero-order valence-electron chi connectivity index (χ0n) is 13.1. The van der Waals surface area contributed by atoms with Gasteiger partial charge in [0.15, 0.2) is 0 Å². The van der Waals surface area contributed by atoms with Crippen molar-refractivity contribution in [1.82, 2.24) is 15.2 Å². The van der Waals surface area contributed by atoms with Crippen molar-refractivity contribution in [3.8, 4) is 0 Å². The van der Waals surface area contributed by atoms with Gasteiger partial charge >= 0.3 is 0 Å². The number of anilines is 1. The van der Waals surface area contributed by atoms with Gasteiger partial charge in [0.05, 0.1) is 0 Å². The summed E-state index contributed by atoms with van der Waals surface area (Å²) in [5.41, 5.74) is 0.671. The number of hydrogen-bond donors (Lipinski definition) is 2. The normalized spacial score (nSPS) is 18.7. The van der Waals surface area contributed by atoms with E-state index in [1.807, 2.05) is 6.07 Å². The number of rotatable bonds is 7. The van der Waals surface area contributed by atoms with Gasteiger partial charge in [0.25, 0.3) is 5.91 Å². The lowest BCUT2D eigenvalue weighted by atomic mass is 10.2. The molecule has 1 aliphatic heterocycles. The van der Waals surface area contributed by atoms with Gasteiger partial charge in [-0.25, -0.2) is 4.98 Å². The van der Waals surface area contributed by atoms with Gasteiger partial charge in [-0.15, -0.1) is 0 Å². The van der Waals surface area contributed by atoms with Crippen LogP contribution in [0.25, 0.3) is 0 Å². The van der Waals surface area contributed by atoms with Crippen LogP contribution in [0.4, 0.5) is 5.82 Å². The van der Waals surface area contributed by atoms with Crippen molar-refractivity contribution in [3.05, 3.63) is 23.9 Å². The summed E-state index contributed by atoms with van der Waals surface area (Å²) in [6.07, 6.45) is 5.12. The average molecular weight is 290 g/mol. The molecule has 0 aliphatic carbocycles. The Balaban J connectivity index is 1.88. The highest BCUT2D eigenvalue weighted by Gasteiger charge is 2.23. The van der Waals surface area contributed by atoms with E-state index in [0.29, 0.717) is 11.6 Å². The number of nitrogens with one attached hydrogen (secondary N) is 2. The van der Waals surface area contributed by atoms with Crippen LogP contribution in [0.5, 0.6) is 0 Å². The molecule has 0 radical (unpaired) electrons. The van der Waals surface area contributed by atoms with Crippen LogP contribution in [0.3, 0.4) is 0 Å². The number of aromatic nitrogens is 1. The molecule has 1 aromatic heterocycles. The molecule has 0 aromatic carbocycles. The molecule has 1 amide bonds. The summed E-state index contributed by atoms with van der Waals surface area (Å²) in [5.74, 6) is 0.750. The van der Waals surface area contributed by atoms with Crippen molar-refractivity contribution in [1.29, 1.82) is 0 Å². The van der Waals surface area contributed by atoms with Gasteiger partial charge in [0, 0.05) is 30.9 Å². The van der Waals surface area contributed by atoms with E-state index in [0.717, 1.165) is 38.4 Å². The molecule has 1 aromatic rings. The minimum atomic E-state index is -0.0140. The lowest BCUT2D eigenvalue weighted by Gasteiger charge is -2.22. The summed E-state index contributed by atoms with van der Waals surface area (Å²) >= 11 is 0. The van der Waals surface area contributed by atoms with E-state index in [-0.39, 0.29) is 5.91 Å². The first kappa shape index (κ1) is 15.8. The molecule has 2 rings (SSSR count). The summed E-state index contributed by atoms with van der Waals surface area (Å²) in [4.78, 5) is 18.9. The standard InChI is InChI=1S/C16H26N4O/c1-3-8-17-15-11-13(7-9-18-15)16(21)19-12-14-6-5-10-20(14)4-2/h7,9,11,14H,3-6,8,10,12H2,1-2H3,(H,17,18)(H,19,21). The molecule has 1 fully saturated rings. The second-order valence-corrected chi connectivity index (χ2v) is 5.49. The maximum absolute atomic E-state index is 12.2. The van der Waals surface area contributed by atoms with Crippen LogP contribution in [-0.4, -0.2) is 48.0 Å². The van der Waals surface area contributed by atoms with Gasteiger partial charge in [-0.05, 0) is 44.5 Å². The fraction of sp³-hybridized carbons (Fsp3) is 0.625. The quantitative estimate of drug-likeness (QED) is 0.807. The summed E-state index contributed by atoms with van der Waals surface area (Å²) in [6, 6.07) is 4.06. The average Bonchev–Trinajstić information content (AvgIpc) is 2.98. The molecule has 5 heteroatoms. The Labute approximate surface area is 127 Å². The summed E-state index contributed by atoms with van der Waals surface area (Å²) in [5, 5.41) is 6.26. The highest BCUT2D eigenvalue weighted by Crippen LogP contribution is 2.15. The highest BCUT2D eigenvalue weighted by molar-refractivity contribution is 5.94. The van der Waals surface area contributed by atoms with E-state index < -0.39 is 0 Å². The number of amides is 1. The van der Waals surface area contributed by atoms with Gasteiger partial charge in [-0.2, -0.15) is 0 Å². The molecular weight excluding hydrogens is 264 g/mol. The smallest absolute Gasteiger partial charge is 0.251 e. The van der Waals surface area contributed by atoms with Crippen molar-refractivity contribution >= 4 is 11.7 Å².